The van der Waals surface area contributed by atoms with Crippen molar-refractivity contribution in [2.45, 2.75) is 31.6 Å². The molecular formula is C19H23NO3S. The van der Waals surface area contributed by atoms with E-state index in [1.54, 1.807) is 0 Å². The number of para-hydroxylation sites is 1. The number of anilines is 1. The lowest BCUT2D eigenvalue weighted by Gasteiger charge is -2.24. The first kappa shape index (κ1) is 17.0. The Morgan fingerprint density at radius 2 is 1.67 bits per heavy atom. The van der Waals surface area contributed by atoms with Gasteiger partial charge in [-0.2, -0.15) is 0 Å². The summed E-state index contributed by atoms with van der Waals surface area (Å²) in [5, 5.41) is 0. The van der Waals surface area contributed by atoms with Gasteiger partial charge in [0.05, 0.1) is 30.7 Å². The second kappa shape index (κ2) is 7.36. The highest BCUT2D eigenvalue weighted by molar-refractivity contribution is 7.92. The molecule has 1 heterocycles. The number of nitrogens with zero attached hydrogens (tertiary/aromatic N) is 1. The molecule has 1 atom stereocenters. The van der Waals surface area contributed by atoms with Crippen molar-refractivity contribution in [3.8, 4) is 0 Å². The predicted molar refractivity (Wildman–Crippen MR) is 96.6 cm³/mol. The molecule has 2 aromatic carbocycles. The lowest BCUT2D eigenvalue weighted by Crippen LogP contribution is -2.35. The average Bonchev–Trinajstić information content (AvgIpc) is 3.39. The van der Waals surface area contributed by atoms with Crippen LogP contribution in [0.2, 0.25) is 0 Å². The number of epoxide rings is 1. The standard InChI is InChI=1S/C19H23NO3S/c1-2-6-16-9-11-17(12-10-16)15-24(21,22)20(13-19-14-23-19)18-7-4-3-5-8-18/h3-5,7-12,19H,2,6,13-15H2,1H3. The van der Waals surface area contributed by atoms with Crippen LogP contribution in [-0.2, 0) is 26.9 Å². The van der Waals surface area contributed by atoms with Crippen LogP contribution < -0.4 is 4.31 Å². The van der Waals surface area contributed by atoms with E-state index in [0.717, 1.165) is 18.4 Å². The first-order valence-corrected chi connectivity index (χ1v) is 9.94. The molecule has 4 nitrogen and oxygen atoms in total. The number of sulfonamides is 1. The van der Waals surface area contributed by atoms with E-state index < -0.39 is 10.0 Å². The van der Waals surface area contributed by atoms with Crippen molar-refractivity contribution in [2.24, 2.45) is 0 Å². The summed E-state index contributed by atoms with van der Waals surface area (Å²) >= 11 is 0. The van der Waals surface area contributed by atoms with Crippen LogP contribution in [0.25, 0.3) is 0 Å². The second-order valence-electron chi connectivity index (χ2n) is 6.14. The van der Waals surface area contributed by atoms with Crippen LogP contribution in [-0.4, -0.2) is 27.7 Å². The van der Waals surface area contributed by atoms with E-state index in [1.807, 2.05) is 54.6 Å². The Bertz CT molecular complexity index is 753. The molecule has 1 unspecified atom stereocenters. The minimum absolute atomic E-state index is 0.00101. The van der Waals surface area contributed by atoms with E-state index >= 15 is 0 Å². The van der Waals surface area contributed by atoms with Crippen LogP contribution in [0.5, 0.6) is 0 Å². The third-order valence-electron chi connectivity index (χ3n) is 4.06. The number of benzene rings is 2. The Labute approximate surface area is 144 Å². The Kier molecular flexibility index (Phi) is 5.21. The third-order valence-corrected chi connectivity index (χ3v) is 5.79. The SMILES string of the molecule is CCCc1ccc(CS(=O)(=O)N(CC2CO2)c2ccccc2)cc1. The fraction of sp³-hybridized carbons (Fsp3) is 0.368. The Morgan fingerprint density at radius 1 is 1.04 bits per heavy atom. The van der Waals surface area contributed by atoms with Gasteiger partial charge in [-0.25, -0.2) is 8.42 Å². The summed E-state index contributed by atoms with van der Waals surface area (Å²) in [6.07, 6.45) is 2.11. The van der Waals surface area contributed by atoms with Crippen molar-refractivity contribution in [2.75, 3.05) is 17.5 Å². The summed E-state index contributed by atoms with van der Waals surface area (Å²) in [6, 6.07) is 17.1. The summed E-state index contributed by atoms with van der Waals surface area (Å²) < 4.78 is 32.6. The van der Waals surface area contributed by atoms with Crippen LogP contribution in [0, 0.1) is 0 Å². The van der Waals surface area contributed by atoms with Crippen LogP contribution in [0.1, 0.15) is 24.5 Å². The quantitative estimate of drug-likeness (QED) is 0.689. The van der Waals surface area contributed by atoms with E-state index in [2.05, 4.69) is 6.92 Å². The van der Waals surface area contributed by atoms with Crippen molar-refractivity contribution < 1.29 is 13.2 Å². The van der Waals surface area contributed by atoms with Crippen molar-refractivity contribution in [1.29, 1.82) is 0 Å². The summed E-state index contributed by atoms with van der Waals surface area (Å²) in [7, 11) is -3.46. The molecule has 0 bridgehead atoms. The second-order valence-corrected chi connectivity index (χ2v) is 8.04. The van der Waals surface area contributed by atoms with Crippen LogP contribution in [0.15, 0.2) is 54.6 Å². The summed E-state index contributed by atoms with van der Waals surface area (Å²) in [5.41, 5.74) is 2.74. The molecule has 1 saturated heterocycles. The maximum absolute atomic E-state index is 12.9. The Hall–Kier alpha value is -1.85. The van der Waals surface area contributed by atoms with Crippen molar-refractivity contribution in [3.05, 3.63) is 65.7 Å². The summed E-state index contributed by atoms with van der Waals surface area (Å²) in [5.74, 6) is 0.00101. The smallest absolute Gasteiger partial charge is 0.239 e. The van der Waals surface area contributed by atoms with Crippen LogP contribution in [0.3, 0.4) is 0 Å². The molecule has 0 radical (unpaired) electrons. The fourth-order valence-electron chi connectivity index (χ4n) is 2.71. The van der Waals surface area contributed by atoms with Crippen molar-refractivity contribution in [1.82, 2.24) is 0 Å². The first-order valence-electron chi connectivity index (χ1n) is 8.33. The molecule has 24 heavy (non-hydrogen) atoms. The molecule has 2 aromatic rings. The molecule has 0 amide bonds. The lowest BCUT2D eigenvalue weighted by atomic mass is 10.1. The maximum Gasteiger partial charge on any atom is 0.239 e. The molecular weight excluding hydrogens is 322 g/mol. The maximum atomic E-state index is 12.9. The molecule has 0 spiro atoms. The van der Waals surface area contributed by atoms with Gasteiger partial charge in [0, 0.05) is 0 Å². The van der Waals surface area contributed by atoms with Gasteiger partial charge in [-0.15, -0.1) is 0 Å². The van der Waals surface area contributed by atoms with Crippen LogP contribution in [0.4, 0.5) is 5.69 Å². The molecule has 0 aromatic heterocycles. The fourth-order valence-corrected chi connectivity index (χ4v) is 4.32. The van der Waals surface area contributed by atoms with Gasteiger partial charge in [-0.05, 0) is 29.7 Å². The molecule has 5 heteroatoms. The van der Waals surface area contributed by atoms with Gasteiger partial charge in [0.1, 0.15) is 0 Å². The zero-order valence-corrected chi connectivity index (χ0v) is 14.7. The highest BCUT2D eigenvalue weighted by atomic mass is 32.2. The molecule has 3 rings (SSSR count). The molecule has 0 aliphatic carbocycles. The van der Waals surface area contributed by atoms with Gasteiger partial charge in [-0.3, -0.25) is 4.31 Å². The third kappa shape index (κ3) is 4.36. The van der Waals surface area contributed by atoms with E-state index in [0.29, 0.717) is 18.8 Å². The van der Waals surface area contributed by atoms with Gasteiger partial charge < -0.3 is 4.74 Å². The summed E-state index contributed by atoms with van der Waals surface area (Å²) in [4.78, 5) is 0. The summed E-state index contributed by atoms with van der Waals surface area (Å²) in [6.45, 7) is 3.14. The average molecular weight is 345 g/mol. The molecule has 128 valence electrons. The molecule has 1 aliphatic rings. The van der Waals surface area contributed by atoms with Crippen molar-refractivity contribution in [3.63, 3.8) is 0 Å². The van der Waals surface area contributed by atoms with E-state index in [1.165, 1.54) is 9.87 Å². The number of aryl methyl sites for hydroxylation is 1. The molecule has 0 N–H and O–H groups in total. The van der Waals surface area contributed by atoms with Gasteiger partial charge >= 0.3 is 0 Å². The minimum atomic E-state index is -3.46. The number of hydrogen-bond donors (Lipinski definition) is 0. The van der Waals surface area contributed by atoms with Gasteiger partial charge in [0.15, 0.2) is 0 Å². The Balaban J connectivity index is 1.80. The topological polar surface area (TPSA) is 49.9 Å². The number of ether oxygens (including phenoxy) is 1. The molecule has 1 aliphatic heterocycles. The number of rotatable bonds is 8. The number of hydrogen-bond acceptors (Lipinski definition) is 3. The zero-order valence-electron chi connectivity index (χ0n) is 13.9. The van der Waals surface area contributed by atoms with E-state index in [9.17, 15) is 8.42 Å². The normalized spacial score (nSPS) is 16.8. The van der Waals surface area contributed by atoms with E-state index in [4.69, 9.17) is 4.74 Å². The highest BCUT2D eigenvalue weighted by Gasteiger charge is 2.31. The van der Waals surface area contributed by atoms with Gasteiger partial charge in [0.2, 0.25) is 10.0 Å². The molecule has 0 saturated carbocycles. The predicted octanol–water partition coefficient (Wildman–Crippen LogP) is 3.37. The zero-order chi connectivity index (χ0) is 17.0. The van der Waals surface area contributed by atoms with Crippen molar-refractivity contribution >= 4 is 15.7 Å². The molecule has 1 fully saturated rings. The monoisotopic (exact) mass is 345 g/mol. The lowest BCUT2D eigenvalue weighted by molar-refractivity contribution is 0.412. The minimum Gasteiger partial charge on any atom is -0.371 e. The van der Waals surface area contributed by atoms with E-state index in [-0.39, 0.29) is 11.9 Å². The van der Waals surface area contributed by atoms with Crippen LogP contribution >= 0.6 is 0 Å². The van der Waals surface area contributed by atoms with Gasteiger partial charge in [-0.1, -0.05) is 55.8 Å². The first-order chi connectivity index (χ1) is 11.6. The Morgan fingerprint density at radius 3 is 2.25 bits per heavy atom. The highest BCUT2D eigenvalue weighted by Crippen LogP contribution is 2.24. The largest absolute Gasteiger partial charge is 0.371 e. The van der Waals surface area contributed by atoms with Gasteiger partial charge in [0.25, 0.3) is 0 Å².